The quantitative estimate of drug-likeness (QED) is 0.485. The fourth-order valence-corrected chi connectivity index (χ4v) is 2.12. The maximum absolute atomic E-state index is 9.82. The van der Waals surface area contributed by atoms with Gasteiger partial charge in [-0.3, -0.25) is 0 Å². The Kier molecular flexibility index (Phi) is 6.43. The molecule has 94 valence electrons. The van der Waals surface area contributed by atoms with E-state index in [4.69, 9.17) is 15.5 Å². The van der Waals surface area contributed by atoms with E-state index in [0.29, 0.717) is 7.48 Å². The molecule has 6 heteroatoms. The third kappa shape index (κ3) is 4.22. The lowest BCUT2D eigenvalue weighted by atomic mass is 9.81. The predicted molar refractivity (Wildman–Crippen MR) is 77.6 cm³/mol. The molecule has 1 aromatic rings. The largest absolute Gasteiger partial charge is 0.430 e. The number of hydrogen-bond donors (Lipinski definition) is 3. The minimum absolute atomic E-state index is 0.0157. The van der Waals surface area contributed by atoms with Crippen molar-refractivity contribution in [2.75, 3.05) is 13.2 Å². The first-order chi connectivity index (χ1) is 8.10. The van der Waals surface area contributed by atoms with Gasteiger partial charge in [0.25, 0.3) is 0 Å². The summed E-state index contributed by atoms with van der Waals surface area (Å²) >= 11 is 2.20. The standard InChI is InChI=1S/C11H17BINO3/c1-7(6-15)17-12-11-8(10(16)5-14)3-2-4-9(11)13/h2-4,7,10,12,15-16H,5-6,14H2,1H3. The van der Waals surface area contributed by atoms with Gasteiger partial charge in [-0.1, -0.05) is 12.1 Å². The molecule has 0 aliphatic rings. The third-order valence-electron chi connectivity index (χ3n) is 2.51. The van der Waals surface area contributed by atoms with Crippen molar-refractivity contribution >= 4 is 35.5 Å². The van der Waals surface area contributed by atoms with E-state index in [1.165, 1.54) is 0 Å². The van der Waals surface area contributed by atoms with Crippen LogP contribution in [-0.4, -0.2) is 37.0 Å². The van der Waals surface area contributed by atoms with Crippen LogP contribution in [0, 0.1) is 3.57 Å². The minimum atomic E-state index is -0.673. The monoisotopic (exact) mass is 349 g/mol. The van der Waals surface area contributed by atoms with E-state index in [9.17, 15) is 5.11 Å². The second-order valence-corrected chi connectivity index (χ2v) is 5.03. The Morgan fingerprint density at radius 2 is 2.24 bits per heavy atom. The zero-order chi connectivity index (χ0) is 12.8. The van der Waals surface area contributed by atoms with E-state index in [1.807, 2.05) is 18.2 Å². The molecule has 0 aliphatic heterocycles. The lowest BCUT2D eigenvalue weighted by Gasteiger charge is -2.17. The van der Waals surface area contributed by atoms with Gasteiger partial charge in [0.2, 0.25) is 0 Å². The molecule has 0 fully saturated rings. The van der Waals surface area contributed by atoms with Crippen molar-refractivity contribution in [2.45, 2.75) is 19.1 Å². The molecule has 0 saturated heterocycles. The molecule has 0 radical (unpaired) electrons. The van der Waals surface area contributed by atoms with Crippen LogP contribution in [0.25, 0.3) is 0 Å². The number of halogens is 1. The van der Waals surface area contributed by atoms with Crippen molar-refractivity contribution < 1.29 is 14.9 Å². The third-order valence-corrected chi connectivity index (χ3v) is 3.52. The van der Waals surface area contributed by atoms with Gasteiger partial charge in [-0.05, 0) is 46.6 Å². The van der Waals surface area contributed by atoms with Crippen LogP contribution < -0.4 is 11.2 Å². The van der Waals surface area contributed by atoms with Crippen LogP contribution in [-0.2, 0) is 4.65 Å². The molecule has 0 bridgehead atoms. The summed E-state index contributed by atoms with van der Waals surface area (Å²) in [5.74, 6) is 0. The molecule has 17 heavy (non-hydrogen) atoms. The van der Waals surface area contributed by atoms with E-state index in [2.05, 4.69) is 22.6 Å². The molecule has 0 aliphatic carbocycles. The second-order valence-electron chi connectivity index (χ2n) is 3.86. The van der Waals surface area contributed by atoms with Crippen molar-refractivity contribution in [1.82, 2.24) is 0 Å². The van der Waals surface area contributed by atoms with Gasteiger partial charge in [-0.2, -0.15) is 0 Å². The highest BCUT2D eigenvalue weighted by Crippen LogP contribution is 2.12. The molecular weight excluding hydrogens is 332 g/mol. The normalized spacial score (nSPS) is 14.4. The summed E-state index contributed by atoms with van der Waals surface area (Å²) in [4.78, 5) is 0. The summed E-state index contributed by atoms with van der Waals surface area (Å²) in [6.45, 7) is 1.97. The van der Waals surface area contributed by atoms with Crippen LogP contribution in [0.4, 0.5) is 0 Å². The second kappa shape index (κ2) is 7.32. The molecule has 0 amide bonds. The summed E-state index contributed by atoms with van der Waals surface area (Å²) in [7, 11) is 0.368. The molecule has 1 rings (SSSR count). The van der Waals surface area contributed by atoms with Crippen molar-refractivity contribution in [1.29, 1.82) is 0 Å². The average molecular weight is 349 g/mol. The number of aliphatic hydroxyl groups excluding tert-OH is 2. The number of nitrogens with two attached hydrogens (primary N) is 1. The first-order valence-electron chi connectivity index (χ1n) is 5.48. The first-order valence-corrected chi connectivity index (χ1v) is 6.55. The van der Waals surface area contributed by atoms with Crippen molar-refractivity contribution in [3.8, 4) is 0 Å². The van der Waals surface area contributed by atoms with Gasteiger partial charge >= 0.3 is 7.48 Å². The highest BCUT2D eigenvalue weighted by atomic mass is 127. The van der Waals surface area contributed by atoms with Gasteiger partial charge in [-0.25, -0.2) is 0 Å². The molecule has 2 unspecified atom stereocenters. The molecule has 0 spiro atoms. The Hall–Kier alpha value is -0.145. The van der Waals surface area contributed by atoms with Gasteiger partial charge in [-0.15, -0.1) is 0 Å². The fourth-order valence-electron chi connectivity index (χ4n) is 1.45. The molecule has 1 aromatic carbocycles. The highest BCUT2D eigenvalue weighted by Gasteiger charge is 2.15. The SMILES string of the molecule is CC(CO)OBc1c(I)cccc1C(O)CN. The van der Waals surface area contributed by atoms with Crippen LogP contribution in [0.3, 0.4) is 0 Å². The van der Waals surface area contributed by atoms with Gasteiger partial charge in [0.05, 0.1) is 18.8 Å². The van der Waals surface area contributed by atoms with E-state index >= 15 is 0 Å². The molecule has 2 atom stereocenters. The summed E-state index contributed by atoms with van der Waals surface area (Å²) in [5.41, 5.74) is 7.20. The zero-order valence-electron chi connectivity index (χ0n) is 9.77. The van der Waals surface area contributed by atoms with Crippen LogP contribution in [0.5, 0.6) is 0 Å². The summed E-state index contributed by atoms with van der Waals surface area (Å²) in [5, 5.41) is 18.7. The fraction of sp³-hybridized carbons (Fsp3) is 0.455. The van der Waals surface area contributed by atoms with E-state index in [0.717, 1.165) is 14.6 Å². The van der Waals surface area contributed by atoms with Crippen molar-refractivity contribution in [3.05, 3.63) is 27.3 Å². The molecule has 4 N–H and O–H groups in total. The van der Waals surface area contributed by atoms with Gasteiger partial charge in [0.15, 0.2) is 0 Å². The Morgan fingerprint density at radius 1 is 1.53 bits per heavy atom. The molecule has 0 heterocycles. The van der Waals surface area contributed by atoms with Crippen molar-refractivity contribution in [3.63, 3.8) is 0 Å². The summed E-state index contributed by atoms with van der Waals surface area (Å²) in [6.07, 6.45) is -0.887. The maximum Gasteiger partial charge on any atom is 0.310 e. The highest BCUT2D eigenvalue weighted by molar-refractivity contribution is 14.1. The Balaban J connectivity index is 2.88. The van der Waals surface area contributed by atoms with E-state index in [1.54, 1.807) is 6.92 Å². The predicted octanol–water partition coefficient (Wildman–Crippen LogP) is -0.343. The Labute approximate surface area is 116 Å². The van der Waals surface area contributed by atoms with E-state index in [-0.39, 0.29) is 19.3 Å². The maximum atomic E-state index is 9.82. The molecule has 4 nitrogen and oxygen atoms in total. The molecular formula is C11H17BINO3. The smallest absolute Gasteiger partial charge is 0.310 e. The van der Waals surface area contributed by atoms with Gasteiger partial charge in [0, 0.05) is 10.1 Å². The van der Waals surface area contributed by atoms with Crippen LogP contribution >= 0.6 is 22.6 Å². The number of rotatable bonds is 6. The Morgan fingerprint density at radius 3 is 2.82 bits per heavy atom. The summed E-state index contributed by atoms with van der Waals surface area (Å²) in [6, 6.07) is 5.69. The lowest BCUT2D eigenvalue weighted by Crippen LogP contribution is -2.31. The summed E-state index contributed by atoms with van der Waals surface area (Å²) < 4.78 is 6.51. The van der Waals surface area contributed by atoms with Gasteiger partial charge < -0.3 is 20.6 Å². The number of benzene rings is 1. The van der Waals surface area contributed by atoms with Crippen LogP contribution in [0.1, 0.15) is 18.6 Å². The van der Waals surface area contributed by atoms with Crippen molar-refractivity contribution in [2.24, 2.45) is 5.73 Å². The minimum Gasteiger partial charge on any atom is -0.430 e. The number of aliphatic hydroxyl groups is 2. The average Bonchev–Trinajstić information content (AvgIpc) is 2.35. The Bertz CT molecular complexity index is 365. The topological polar surface area (TPSA) is 75.7 Å². The van der Waals surface area contributed by atoms with Crippen LogP contribution in [0.15, 0.2) is 18.2 Å². The van der Waals surface area contributed by atoms with Crippen LogP contribution in [0.2, 0.25) is 0 Å². The molecule has 0 saturated carbocycles. The molecule has 0 aromatic heterocycles. The number of hydrogen-bond acceptors (Lipinski definition) is 4. The lowest BCUT2D eigenvalue weighted by molar-refractivity contribution is 0.136. The van der Waals surface area contributed by atoms with E-state index < -0.39 is 6.10 Å². The zero-order valence-corrected chi connectivity index (χ0v) is 11.9. The first kappa shape index (κ1) is 14.9. The van der Waals surface area contributed by atoms with Gasteiger partial charge in [0.1, 0.15) is 0 Å².